The monoisotopic (exact) mass is 376 g/mol. The topological polar surface area (TPSA) is 80.4 Å². The van der Waals surface area contributed by atoms with E-state index in [9.17, 15) is 4.79 Å². The fourth-order valence-corrected chi connectivity index (χ4v) is 2.78. The highest BCUT2D eigenvalue weighted by Gasteiger charge is 2.09. The van der Waals surface area contributed by atoms with E-state index in [2.05, 4.69) is 27.6 Å². The standard InChI is InChI=1S/C22H24N4O2/c1-2-10-19-23-21(28-26-19)16-9-15-20(27)24-25-22(17-11-5-3-6-12-17)18-13-7-4-8-14-18/h3-8,11-14H,2,9-10,15-16H2,1H3,(H,24,27). The van der Waals surface area contributed by atoms with Crippen LogP contribution in [-0.2, 0) is 17.6 Å². The van der Waals surface area contributed by atoms with Gasteiger partial charge in [-0.05, 0) is 12.8 Å². The Morgan fingerprint density at radius 1 is 1.00 bits per heavy atom. The van der Waals surface area contributed by atoms with E-state index in [1.54, 1.807) is 0 Å². The molecule has 3 rings (SSSR count). The molecular formula is C22H24N4O2. The number of nitrogens with one attached hydrogen (secondary N) is 1. The van der Waals surface area contributed by atoms with E-state index in [1.165, 1.54) is 0 Å². The minimum Gasteiger partial charge on any atom is -0.339 e. The summed E-state index contributed by atoms with van der Waals surface area (Å²) >= 11 is 0. The van der Waals surface area contributed by atoms with Crippen molar-refractivity contribution in [3.63, 3.8) is 0 Å². The van der Waals surface area contributed by atoms with Crippen LogP contribution in [0.15, 0.2) is 70.3 Å². The van der Waals surface area contributed by atoms with Crippen molar-refractivity contribution in [3.8, 4) is 0 Å². The van der Waals surface area contributed by atoms with E-state index in [0.717, 1.165) is 35.5 Å². The number of hydrogen-bond acceptors (Lipinski definition) is 5. The molecule has 2 aromatic carbocycles. The lowest BCUT2D eigenvalue weighted by atomic mass is 10.0. The Morgan fingerprint density at radius 3 is 2.25 bits per heavy atom. The number of carbonyl (C=O) groups is 1. The number of hydrazone groups is 1. The molecule has 0 atom stereocenters. The Hall–Kier alpha value is -3.28. The van der Waals surface area contributed by atoms with Crippen LogP contribution in [0.2, 0.25) is 0 Å². The lowest BCUT2D eigenvalue weighted by Gasteiger charge is -2.08. The van der Waals surface area contributed by atoms with Gasteiger partial charge in [-0.3, -0.25) is 4.79 Å². The lowest BCUT2D eigenvalue weighted by molar-refractivity contribution is -0.121. The van der Waals surface area contributed by atoms with E-state index in [-0.39, 0.29) is 5.91 Å². The summed E-state index contributed by atoms with van der Waals surface area (Å²) in [5.74, 6) is 1.16. The molecule has 1 N–H and O–H groups in total. The summed E-state index contributed by atoms with van der Waals surface area (Å²) in [6.07, 6.45) is 3.33. The van der Waals surface area contributed by atoms with Crippen LogP contribution in [-0.4, -0.2) is 21.8 Å². The molecule has 0 unspecified atom stereocenters. The number of aromatic nitrogens is 2. The zero-order valence-corrected chi connectivity index (χ0v) is 16.0. The van der Waals surface area contributed by atoms with E-state index >= 15 is 0 Å². The summed E-state index contributed by atoms with van der Waals surface area (Å²) in [6.45, 7) is 2.07. The van der Waals surface area contributed by atoms with E-state index in [0.29, 0.717) is 25.2 Å². The fraction of sp³-hybridized carbons (Fsp3) is 0.273. The minimum atomic E-state index is -0.141. The van der Waals surface area contributed by atoms with E-state index < -0.39 is 0 Å². The van der Waals surface area contributed by atoms with E-state index in [4.69, 9.17) is 4.52 Å². The molecule has 3 aromatic rings. The average Bonchev–Trinajstić information content (AvgIpc) is 3.17. The molecule has 0 aliphatic carbocycles. The smallest absolute Gasteiger partial charge is 0.240 e. The number of aryl methyl sites for hydroxylation is 2. The van der Waals surface area contributed by atoms with Crippen molar-refractivity contribution in [2.75, 3.05) is 0 Å². The maximum absolute atomic E-state index is 12.2. The van der Waals surface area contributed by atoms with Crippen LogP contribution in [0.1, 0.15) is 49.0 Å². The zero-order valence-electron chi connectivity index (χ0n) is 16.0. The molecule has 1 aromatic heterocycles. The van der Waals surface area contributed by atoms with Gasteiger partial charge in [0, 0.05) is 30.4 Å². The Bertz CT molecular complexity index is 863. The molecule has 0 spiro atoms. The van der Waals surface area contributed by atoms with Crippen LogP contribution in [0.5, 0.6) is 0 Å². The fourth-order valence-electron chi connectivity index (χ4n) is 2.78. The van der Waals surface area contributed by atoms with Gasteiger partial charge in [0.25, 0.3) is 0 Å². The van der Waals surface area contributed by atoms with Crippen molar-refractivity contribution >= 4 is 11.6 Å². The lowest BCUT2D eigenvalue weighted by Crippen LogP contribution is -2.20. The van der Waals surface area contributed by atoms with Crippen molar-refractivity contribution in [2.24, 2.45) is 5.10 Å². The summed E-state index contributed by atoms with van der Waals surface area (Å²) in [5, 5.41) is 8.31. The van der Waals surface area contributed by atoms with Crippen LogP contribution in [0.3, 0.4) is 0 Å². The minimum absolute atomic E-state index is 0.141. The van der Waals surface area contributed by atoms with Gasteiger partial charge >= 0.3 is 0 Å². The summed E-state index contributed by atoms with van der Waals surface area (Å²) in [5.41, 5.74) is 5.30. The third-order valence-electron chi connectivity index (χ3n) is 4.17. The van der Waals surface area contributed by atoms with Gasteiger partial charge in [-0.25, -0.2) is 5.43 Å². The molecule has 28 heavy (non-hydrogen) atoms. The van der Waals surface area contributed by atoms with Crippen LogP contribution in [0.25, 0.3) is 0 Å². The van der Waals surface area contributed by atoms with Gasteiger partial charge in [0.1, 0.15) is 0 Å². The molecule has 1 amide bonds. The SMILES string of the molecule is CCCc1noc(CCCC(=O)NN=C(c2ccccc2)c2ccccc2)n1. The zero-order chi connectivity index (χ0) is 19.6. The van der Waals surface area contributed by atoms with Crippen LogP contribution < -0.4 is 5.43 Å². The van der Waals surface area contributed by atoms with Crippen molar-refractivity contribution in [1.29, 1.82) is 0 Å². The Labute approximate surface area is 164 Å². The molecule has 1 heterocycles. The Balaban J connectivity index is 1.58. The van der Waals surface area contributed by atoms with Gasteiger partial charge in [-0.2, -0.15) is 10.1 Å². The summed E-state index contributed by atoms with van der Waals surface area (Å²) in [6, 6.07) is 19.6. The number of hydrogen-bond donors (Lipinski definition) is 1. The highest BCUT2D eigenvalue weighted by molar-refractivity contribution is 6.13. The molecule has 0 saturated heterocycles. The number of carbonyl (C=O) groups excluding carboxylic acids is 1. The van der Waals surface area contributed by atoms with Gasteiger partial charge in [0.15, 0.2) is 5.82 Å². The van der Waals surface area contributed by atoms with Crippen molar-refractivity contribution in [3.05, 3.63) is 83.5 Å². The number of nitrogens with zero attached hydrogens (tertiary/aromatic N) is 3. The van der Waals surface area contributed by atoms with E-state index in [1.807, 2.05) is 60.7 Å². The molecule has 144 valence electrons. The maximum Gasteiger partial charge on any atom is 0.240 e. The first-order valence-corrected chi connectivity index (χ1v) is 9.55. The summed E-state index contributed by atoms with van der Waals surface area (Å²) in [4.78, 5) is 16.5. The predicted molar refractivity (Wildman–Crippen MR) is 108 cm³/mol. The summed E-state index contributed by atoms with van der Waals surface area (Å²) < 4.78 is 5.19. The molecule has 0 radical (unpaired) electrons. The molecular weight excluding hydrogens is 352 g/mol. The molecule has 0 aliphatic heterocycles. The maximum atomic E-state index is 12.2. The van der Waals surface area contributed by atoms with Gasteiger partial charge in [0.05, 0.1) is 5.71 Å². The van der Waals surface area contributed by atoms with Crippen molar-refractivity contribution in [2.45, 2.75) is 39.0 Å². The van der Waals surface area contributed by atoms with Gasteiger partial charge < -0.3 is 4.52 Å². The molecule has 6 nitrogen and oxygen atoms in total. The summed E-state index contributed by atoms with van der Waals surface area (Å²) in [7, 11) is 0. The first kappa shape index (κ1) is 19.5. The molecule has 6 heteroatoms. The molecule has 0 aliphatic rings. The van der Waals surface area contributed by atoms with Gasteiger partial charge in [-0.15, -0.1) is 0 Å². The molecule has 0 bridgehead atoms. The first-order valence-electron chi connectivity index (χ1n) is 9.55. The second-order valence-corrected chi connectivity index (χ2v) is 6.44. The average molecular weight is 376 g/mol. The predicted octanol–water partition coefficient (Wildman–Crippen LogP) is 3.91. The van der Waals surface area contributed by atoms with Gasteiger partial charge in [-0.1, -0.05) is 72.7 Å². The number of benzene rings is 2. The third kappa shape index (κ3) is 5.61. The molecule has 0 saturated carbocycles. The van der Waals surface area contributed by atoms with Crippen LogP contribution in [0.4, 0.5) is 0 Å². The Morgan fingerprint density at radius 2 is 1.64 bits per heavy atom. The molecule has 0 fully saturated rings. The highest BCUT2D eigenvalue weighted by Crippen LogP contribution is 2.10. The largest absolute Gasteiger partial charge is 0.339 e. The Kier molecular flexibility index (Phi) is 7.07. The van der Waals surface area contributed by atoms with Crippen molar-refractivity contribution in [1.82, 2.24) is 15.6 Å². The normalized spacial score (nSPS) is 10.5. The number of rotatable bonds is 9. The van der Waals surface area contributed by atoms with Crippen molar-refractivity contribution < 1.29 is 9.32 Å². The van der Waals surface area contributed by atoms with Crippen LogP contribution >= 0.6 is 0 Å². The van der Waals surface area contributed by atoms with Crippen LogP contribution in [0, 0.1) is 0 Å². The second kappa shape index (κ2) is 10.2. The second-order valence-electron chi connectivity index (χ2n) is 6.44. The number of amides is 1. The third-order valence-corrected chi connectivity index (χ3v) is 4.17. The van der Waals surface area contributed by atoms with Gasteiger partial charge in [0.2, 0.25) is 11.8 Å². The highest BCUT2D eigenvalue weighted by atomic mass is 16.5. The quantitative estimate of drug-likeness (QED) is 0.453. The first-order chi connectivity index (χ1) is 13.8.